The number of likely N-dealkylation sites (tertiary alicyclic amines) is 1. The number of carbonyl (C=O) groups excluding carboxylic acids is 1. The van der Waals surface area contributed by atoms with Gasteiger partial charge >= 0.3 is 0 Å². The Bertz CT molecular complexity index is 602. The molecule has 3 saturated heterocycles. The summed E-state index contributed by atoms with van der Waals surface area (Å²) in [7, 11) is 1.86. The second-order valence-electron chi connectivity index (χ2n) is 10.1. The zero-order valence-electron chi connectivity index (χ0n) is 20.1. The molecule has 4 rings (SSSR count). The van der Waals surface area contributed by atoms with Gasteiger partial charge in [-0.2, -0.15) is 0 Å². The van der Waals surface area contributed by atoms with E-state index in [-0.39, 0.29) is 0 Å². The van der Waals surface area contributed by atoms with E-state index in [1.807, 2.05) is 7.05 Å². The number of hydrogen-bond donors (Lipinski definition) is 2. The molecule has 0 aromatic heterocycles. The van der Waals surface area contributed by atoms with E-state index in [2.05, 4.69) is 30.3 Å². The smallest absolute Gasteiger partial charge is 0.225 e. The fourth-order valence-electron chi connectivity index (χ4n) is 5.70. The first-order chi connectivity index (χ1) is 15.7. The van der Waals surface area contributed by atoms with E-state index in [9.17, 15) is 4.79 Å². The van der Waals surface area contributed by atoms with Crippen LogP contribution in [-0.2, 0) is 9.53 Å². The second kappa shape index (κ2) is 12.2. The van der Waals surface area contributed by atoms with Gasteiger partial charge in [-0.25, -0.2) is 0 Å². The van der Waals surface area contributed by atoms with Crippen molar-refractivity contribution in [3.05, 3.63) is 0 Å². The number of guanidine groups is 1. The molecule has 32 heavy (non-hydrogen) atoms. The van der Waals surface area contributed by atoms with Gasteiger partial charge in [0.05, 0.1) is 6.61 Å². The molecule has 1 aliphatic carbocycles. The molecule has 0 radical (unpaired) electrons. The van der Waals surface area contributed by atoms with Gasteiger partial charge < -0.3 is 25.2 Å². The Morgan fingerprint density at radius 3 is 2.38 bits per heavy atom. The number of carbonyl (C=O) groups is 1. The molecule has 3 aliphatic heterocycles. The number of nitrogens with zero attached hydrogens (tertiary/aromatic N) is 4. The lowest BCUT2D eigenvalue weighted by molar-refractivity contribution is -0.137. The standard InChI is InChI=1S/C24H44N6O2/c1-25-24(27-22-6-10-29(11-7-22)18-20-8-17-32-19-20)26-9-12-28-13-15-30(16-14-28)23(31)21-4-2-3-5-21/h20-22H,2-19H2,1H3,(H2,25,26,27). The molecule has 8 heteroatoms. The normalized spacial score (nSPS) is 27.2. The minimum Gasteiger partial charge on any atom is -0.381 e. The van der Waals surface area contributed by atoms with Gasteiger partial charge in [-0.05, 0) is 38.0 Å². The summed E-state index contributed by atoms with van der Waals surface area (Å²) in [5, 5.41) is 7.13. The average Bonchev–Trinajstić information content (AvgIpc) is 3.54. The van der Waals surface area contributed by atoms with E-state index >= 15 is 0 Å². The highest BCUT2D eigenvalue weighted by molar-refractivity contribution is 5.80. The van der Waals surface area contributed by atoms with Gasteiger partial charge in [0.25, 0.3) is 0 Å². The Balaban J connectivity index is 1.08. The molecule has 1 amide bonds. The van der Waals surface area contributed by atoms with E-state index in [1.54, 1.807) is 0 Å². The number of nitrogens with one attached hydrogen (secondary N) is 2. The van der Waals surface area contributed by atoms with Gasteiger partial charge in [0.2, 0.25) is 5.91 Å². The summed E-state index contributed by atoms with van der Waals surface area (Å²) in [5.74, 6) is 2.37. The van der Waals surface area contributed by atoms with Crippen molar-refractivity contribution in [3.63, 3.8) is 0 Å². The van der Waals surface area contributed by atoms with Gasteiger partial charge in [0.15, 0.2) is 5.96 Å². The molecule has 0 bridgehead atoms. The molecule has 4 fully saturated rings. The first-order valence-electron chi connectivity index (χ1n) is 13.0. The topological polar surface area (TPSA) is 72.4 Å². The lowest BCUT2D eigenvalue weighted by Crippen LogP contribution is -2.53. The van der Waals surface area contributed by atoms with Crippen LogP contribution in [0.15, 0.2) is 4.99 Å². The van der Waals surface area contributed by atoms with Gasteiger partial charge in [0, 0.05) is 84.5 Å². The number of hydrogen-bond acceptors (Lipinski definition) is 5. The maximum atomic E-state index is 12.6. The molecule has 0 aromatic carbocycles. The third kappa shape index (κ3) is 6.81. The van der Waals surface area contributed by atoms with Crippen LogP contribution in [0.4, 0.5) is 0 Å². The van der Waals surface area contributed by atoms with Crippen molar-refractivity contribution < 1.29 is 9.53 Å². The summed E-state index contributed by atoms with van der Waals surface area (Å²) in [5.41, 5.74) is 0. The predicted octanol–water partition coefficient (Wildman–Crippen LogP) is 0.987. The molecule has 0 spiro atoms. The van der Waals surface area contributed by atoms with Crippen LogP contribution in [0.1, 0.15) is 44.9 Å². The van der Waals surface area contributed by atoms with Crippen LogP contribution in [0.2, 0.25) is 0 Å². The molecule has 1 unspecified atom stereocenters. The number of amides is 1. The van der Waals surface area contributed by atoms with Gasteiger partial charge in [-0.1, -0.05) is 12.8 Å². The average molecular weight is 449 g/mol. The van der Waals surface area contributed by atoms with E-state index in [4.69, 9.17) is 4.74 Å². The second-order valence-corrected chi connectivity index (χ2v) is 10.1. The predicted molar refractivity (Wildman–Crippen MR) is 128 cm³/mol. The molecular weight excluding hydrogens is 404 g/mol. The fraction of sp³-hybridized carbons (Fsp3) is 0.917. The third-order valence-corrected chi connectivity index (χ3v) is 7.80. The molecule has 182 valence electrons. The van der Waals surface area contributed by atoms with Crippen LogP contribution in [0, 0.1) is 11.8 Å². The number of piperidine rings is 1. The number of piperazine rings is 1. The highest BCUT2D eigenvalue weighted by Gasteiger charge is 2.29. The van der Waals surface area contributed by atoms with Crippen molar-refractivity contribution in [1.82, 2.24) is 25.3 Å². The Morgan fingerprint density at radius 1 is 0.969 bits per heavy atom. The van der Waals surface area contributed by atoms with Gasteiger partial charge in [-0.3, -0.25) is 14.7 Å². The van der Waals surface area contributed by atoms with Crippen LogP contribution in [0.5, 0.6) is 0 Å². The van der Waals surface area contributed by atoms with Crippen LogP contribution in [0.25, 0.3) is 0 Å². The third-order valence-electron chi connectivity index (χ3n) is 7.80. The molecular formula is C24H44N6O2. The molecule has 3 heterocycles. The van der Waals surface area contributed by atoms with E-state index in [0.29, 0.717) is 17.9 Å². The van der Waals surface area contributed by atoms with Crippen molar-refractivity contribution >= 4 is 11.9 Å². The summed E-state index contributed by atoms with van der Waals surface area (Å²) in [6.45, 7) is 11.0. The minimum absolute atomic E-state index is 0.307. The minimum atomic E-state index is 0.307. The van der Waals surface area contributed by atoms with E-state index < -0.39 is 0 Å². The molecule has 4 aliphatic rings. The lowest BCUT2D eigenvalue weighted by Gasteiger charge is -2.36. The first kappa shape index (κ1) is 23.8. The largest absolute Gasteiger partial charge is 0.381 e. The monoisotopic (exact) mass is 448 g/mol. The van der Waals surface area contributed by atoms with Crippen LogP contribution in [0.3, 0.4) is 0 Å². The van der Waals surface area contributed by atoms with Crippen molar-refractivity contribution in [2.24, 2.45) is 16.8 Å². The Morgan fingerprint density at radius 2 is 1.72 bits per heavy atom. The molecule has 2 N–H and O–H groups in total. The summed E-state index contributed by atoms with van der Waals surface area (Å²) < 4.78 is 5.52. The molecule has 1 saturated carbocycles. The quantitative estimate of drug-likeness (QED) is 0.447. The Hall–Kier alpha value is -1.38. The number of aliphatic imine (C=N–C) groups is 1. The maximum absolute atomic E-state index is 12.6. The zero-order valence-corrected chi connectivity index (χ0v) is 20.1. The van der Waals surface area contributed by atoms with Crippen molar-refractivity contribution in [3.8, 4) is 0 Å². The van der Waals surface area contributed by atoms with Crippen molar-refractivity contribution in [2.45, 2.75) is 51.0 Å². The highest BCUT2D eigenvalue weighted by Crippen LogP contribution is 2.26. The Labute approximate surface area is 194 Å². The zero-order chi connectivity index (χ0) is 22.2. The summed E-state index contributed by atoms with van der Waals surface area (Å²) in [4.78, 5) is 24.2. The molecule has 0 aromatic rings. The number of ether oxygens (including phenoxy) is 1. The Kier molecular flexibility index (Phi) is 9.05. The lowest BCUT2D eigenvalue weighted by atomic mass is 10.0. The first-order valence-corrected chi connectivity index (χ1v) is 13.0. The van der Waals surface area contributed by atoms with Crippen molar-refractivity contribution in [2.75, 3.05) is 79.2 Å². The summed E-state index contributed by atoms with van der Waals surface area (Å²) in [6.07, 6.45) is 8.23. The molecule has 1 atom stereocenters. The molecule has 8 nitrogen and oxygen atoms in total. The highest BCUT2D eigenvalue weighted by atomic mass is 16.5. The van der Waals surface area contributed by atoms with Crippen molar-refractivity contribution in [1.29, 1.82) is 0 Å². The SMILES string of the molecule is CN=C(NCCN1CCN(C(=O)C2CCCC2)CC1)NC1CCN(CC2CCOC2)CC1. The summed E-state index contributed by atoms with van der Waals surface area (Å²) >= 11 is 0. The van der Waals surface area contributed by atoms with Crippen LogP contribution < -0.4 is 10.6 Å². The van der Waals surface area contributed by atoms with Crippen LogP contribution in [-0.4, -0.2) is 112 Å². The van der Waals surface area contributed by atoms with Gasteiger partial charge in [-0.15, -0.1) is 0 Å². The maximum Gasteiger partial charge on any atom is 0.225 e. The van der Waals surface area contributed by atoms with Crippen LogP contribution >= 0.6 is 0 Å². The number of rotatable bonds is 7. The van der Waals surface area contributed by atoms with E-state index in [1.165, 1.54) is 38.6 Å². The van der Waals surface area contributed by atoms with Gasteiger partial charge in [0.1, 0.15) is 0 Å². The van der Waals surface area contributed by atoms with E-state index in [0.717, 1.165) is 90.3 Å². The summed E-state index contributed by atoms with van der Waals surface area (Å²) in [6, 6.07) is 0.502. The fourth-order valence-corrected chi connectivity index (χ4v) is 5.70.